The normalized spacial score (nSPS) is 11.2. The van der Waals surface area contributed by atoms with E-state index in [2.05, 4.69) is 10.4 Å². The molecule has 0 aliphatic heterocycles. The van der Waals surface area contributed by atoms with E-state index in [1.54, 1.807) is 36.5 Å². The number of carbonyl (C=O) groups excluding carboxylic acids is 1. The Bertz CT molecular complexity index is 1380. The number of aryl methyl sites for hydroxylation is 2. The molecule has 4 rings (SSSR count). The lowest BCUT2D eigenvalue weighted by Gasteiger charge is -2.10. The zero-order chi connectivity index (χ0) is 23.5. The molecule has 0 atom stereocenters. The molecule has 2 aromatic heterocycles. The van der Waals surface area contributed by atoms with Gasteiger partial charge in [0.1, 0.15) is 12.4 Å². The fraction of sp³-hybridized carbons (Fsp3) is 0.240. The highest BCUT2D eigenvalue weighted by Crippen LogP contribution is 2.23. The minimum atomic E-state index is -0.340. The molecule has 0 fully saturated rings. The van der Waals surface area contributed by atoms with E-state index in [0.717, 1.165) is 17.0 Å². The van der Waals surface area contributed by atoms with Gasteiger partial charge in [0.25, 0.3) is 5.56 Å². The van der Waals surface area contributed by atoms with Crippen molar-refractivity contribution in [3.63, 3.8) is 0 Å². The van der Waals surface area contributed by atoms with Crippen molar-refractivity contribution in [2.45, 2.75) is 33.4 Å². The molecule has 6 nitrogen and oxygen atoms in total. The van der Waals surface area contributed by atoms with Gasteiger partial charge in [-0.1, -0.05) is 41.9 Å². The van der Waals surface area contributed by atoms with Gasteiger partial charge in [0, 0.05) is 33.9 Å². The first-order valence-electron chi connectivity index (χ1n) is 10.6. The van der Waals surface area contributed by atoms with Crippen LogP contribution in [0.5, 0.6) is 0 Å². The van der Waals surface area contributed by atoms with Gasteiger partial charge in [-0.15, -0.1) is 0 Å². The van der Waals surface area contributed by atoms with Gasteiger partial charge in [0.15, 0.2) is 0 Å². The average molecular weight is 467 g/mol. The van der Waals surface area contributed by atoms with Crippen molar-refractivity contribution in [2.24, 2.45) is 0 Å². The fourth-order valence-corrected chi connectivity index (χ4v) is 4.11. The summed E-state index contributed by atoms with van der Waals surface area (Å²) in [7, 11) is 0. The monoisotopic (exact) mass is 466 g/mol. The fourth-order valence-electron chi connectivity index (χ4n) is 3.98. The number of carbonyl (C=O) groups is 1. The Hall–Kier alpha value is -3.45. The minimum absolute atomic E-state index is 0.174. The van der Waals surface area contributed by atoms with Crippen LogP contribution < -0.4 is 10.9 Å². The third kappa shape index (κ3) is 4.83. The van der Waals surface area contributed by atoms with Crippen LogP contribution in [0.3, 0.4) is 0 Å². The molecule has 0 bridgehead atoms. The lowest BCUT2D eigenvalue weighted by molar-refractivity contribution is -0.121. The number of halogens is 2. The van der Waals surface area contributed by atoms with Crippen LogP contribution in [-0.4, -0.2) is 26.8 Å². The Morgan fingerprint density at radius 2 is 1.82 bits per heavy atom. The Morgan fingerprint density at radius 1 is 1.09 bits per heavy atom. The van der Waals surface area contributed by atoms with Gasteiger partial charge in [-0.25, -0.2) is 9.07 Å². The Labute approximate surface area is 195 Å². The molecule has 0 unspecified atom stereocenters. The van der Waals surface area contributed by atoms with Crippen LogP contribution in [0, 0.1) is 19.7 Å². The van der Waals surface area contributed by atoms with E-state index in [0.29, 0.717) is 40.9 Å². The molecule has 0 saturated heterocycles. The quantitative estimate of drug-likeness (QED) is 0.447. The number of benzene rings is 2. The molecular weight excluding hydrogens is 443 g/mol. The molecule has 0 aliphatic carbocycles. The van der Waals surface area contributed by atoms with Gasteiger partial charge in [-0.05, 0) is 44.0 Å². The first kappa shape index (κ1) is 22.7. The van der Waals surface area contributed by atoms with Gasteiger partial charge < -0.3 is 9.88 Å². The number of nitrogens with zero attached hydrogens (tertiary/aromatic N) is 3. The van der Waals surface area contributed by atoms with E-state index in [-0.39, 0.29) is 23.8 Å². The van der Waals surface area contributed by atoms with Crippen LogP contribution in [0.15, 0.2) is 59.5 Å². The third-order valence-corrected chi connectivity index (χ3v) is 6.09. The molecule has 1 N–H and O–H groups in total. The summed E-state index contributed by atoms with van der Waals surface area (Å²) in [5.74, 6) is -0.585. The third-order valence-electron chi connectivity index (χ3n) is 5.83. The summed E-state index contributed by atoms with van der Waals surface area (Å²) in [5, 5.41) is 8.88. The van der Waals surface area contributed by atoms with Gasteiger partial charge in [-0.3, -0.25) is 9.59 Å². The number of hydrogen-bond donors (Lipinski definition) is 1. The van der Waals surface area contributed by atoms with Crippen molar-refractivity contribution in [1.82, 2.24) is 19.7 Å². The van der Waals surface area contributed by atoms with E-state index in [1.807, 2.05) is 30.5 Å². The molecule has 4 aromatic rings. The van der Waals surface area contributed by atoms with Crippen LogP contribution in [0.4, 0.5) is 4.39 Å². The summed E-state index contributed by atoms with van der Waals surface area (Å²) in [5.41, 5.74) is 2.80. The zero-order valence-corrected chi connectivity index (χ0v) is 19.2. The highest BCUT2D eigenvalue weighted by atomic mass is 35.5. The Morgan fingerprint density at radius 3 is 2.55 bits per heavy atom. The second kappa shape index (κ2) is 9.58. The largest absolute Gasteiger partial charge is 0.354 e. The first-order chi connectivity index (χ1) is 15.8. The lowest BCUT2D eigenvalue weighted by atomic mass is 10.1. The van der Waals surface area contributed by atoms with E-state index in [9.17, 15) is 14.0 Å². The van der Waals surface area contributed by atoms with E-state index >= 15 is 0 Å². The van der Waals surface area contributed by atoms with E-state index < -0.39 is 0 Å². The van der Waals surface area contributed by atoms with Crippen molar-refractivity contribution in [1.29, 1.82) is 0 Å². The number of hydrogen-bond acceptors (Lipinski definition) is 3. The predicted molar refractivity (Wildman–Crippen MR) is 127 cm³/mol. The van der Waals surface area contributed by atoms with Crippen molar-refractivity contribution in [3.05, 3.63) is 98.4 Å². The topological polar surface area (TPSA) is 68.9 Å². The SMILES string of the molecule is Cc1c2cnn(CC(=O)NCCc3ccc(Cl)cc3)c(=O)c2c(C)n1Cc1ccccc1F. The van der Waals surface area contributed by atoms with Gasteiger partial charge in [0.2, 0.25) is 5.91 Å². The van der Waals surface area contributed by atoms with Crippen LogP contribution in [0.2, 0.25) is 5.02 Å². The summed E-state index contributed by atoms with van der Waals surface area (Å²) in [4.78, 5) is 25.5. The molecule has 1 amide bonds. The number of nitrogens with one attached hydrogen (secondary N) is 1. The molecule has 33 heavy (non-hydrogen) atoms. The number of fused-ring (bicyclic) bond motifs is 1. The van der Waals surface area contributed by atoms with Crippen molar-refractivity contribution < 1.29 is 9.18 Å². The highest BCUT2D eigenvalue weighted by Gasteiger charge is 2.18. The number of aromatic nitrogens is 3. The summed E-state index contributed by atoms with van der Waals surface area (Å²) < 4.78 is 17.2. The van der Waals surface area contributed by atoms with Gasteiger partial charge in [0.05, 0.1) is 18.1 Å². The minimum Gasteiger partial charge on any atom is -0.354 e. The molecule has 0 saturated carbocycles. The summed E-state index contributed by atoms with van der Waals surface area (Å²) >= 11 is 5.89. The summed E-state index contributed by atoms with van der Waals surface area (Å²) in [6, 6.07) is 14.0. The standard InChI is InChI=1S/C25H24ClFN4O2/c1-16-21-13-29-31(15-23(32)28-12-11-18-7-9-20(26)10-8-18)25(33)24(21)17(2)30(16)14-19-5-3-4-6-22(19)27/h3-10,13H,11-12,14-15H2,1-2H3,(H,28,32). The van der Waals surface area contributed by atoms with Crippen LogP contribution in [0.25, 0.3) is 10.8 Å². The maximum Gasteiger partial charge on any atom is 0.276 e. The Kier molecular flexibility index (Phi) is 6.60. The van der Waals surface area contributed by atoms with E-state index in [1.165, 1.54) is 10.7 Å². The number of rotatable bonds is 7. The smallest absolute Gasteiger partial charge is 0.276 e. The van der Waals surface area contributed by atoms with Crippen molar-refractivity contribution in [2.75, 3.05) is 6.54 Å². The highest BCUT2D eigenvalue weighted by molar-refractivity contribution is 6.30. The lowest BCUT2D eigenvalue weighted by Crippen LogP contribution is -2.34. The summed E-state index contributed by atoms with van der Waals surface area (Å²) in [6.45, 7) is 4.28. The maximum atomic E-state index is 14.2. The van der Waals surface area contributed by atoms with Gasteiger partial charge >= 0.3 is 0 Å². The Balaban J connectivity index is 1.51. The van der Waals surface area contributed by atoms with Crippen molar-refractivity contribution in [3.8, 4) is 0 Å². The first-order valence-corrected chi connectivity index (χ1v) is 11.0. The molecule has 8 heteroatoms. The van der Waals surface area contributed by atoms with Crippen LogP contribution >= 0.6 is 11.6 Å². The second-order valence-corrected chi connectivity index (χ2v) is 8.41. The molecule has 0 aliphatic rings. The van der Waals surface area contributed by atoms with Crippen LogP contribution in [-0.2, 0) is 24.3 Å². The second-order valence-electron chi connectivity index (χ2n) is 7.97. The van der Waals surface area contributed by atoms with Crippen molar-refractivity contribution >= 4 is 28.3 Å². The molecule has 0 radical (unpaired) electrons. The van der Waals surface area contributed by atoms with Gasteiger partial charge in [-0.2, -0.15) is 5.10 Å². The molecule has 0 spiro atoms. The molecule has 2 aromatic carbocycles. The zero-order valence-electron chi connectivity index (χ0n) is 18.4. The number of amides is 1. The average Bonchev–Trinajstić information content (AvgIpc) is 3.03. The molecule has 170 valence electrons. The molecular formula is C25H24ClFN4O2. The summed E-state index contributed by atoms with van der Waals surface area (Å²) in [6.07, 6.45) is 2.25. The van der Waals surface area contributed by atoms with Crippen LogP contribution in [0.1, 0.15) is 22.5 Å². The predicted octanol–water partition coefficient (Wildman–Crippen LogP) is 4.01. The maximum absolute atomic E-state index is 14.2. The van der Waals surface area contributed by atoms with E-state index in [4.69, 9.17) is 11.6 Å². The molecule has 2 heterocycles.